The number of anilines is 1. The van der Waals surface area contributed by atoms with Crippen LogP contribution in [0.1, 0.15) is 20.3 Å². The smallest absolute Gasteiger partial charge is 0.332 e. The molecule has 114 valence electrons. The lowest BCUT2D eigenvalue weighted by atomic mass is 10.00. The van der Waals surface area contributed by atoms with Crippen LogP contribution in [0.2, 0.25) is 0 Å². The fourth-order valence-corrected chi connectivity index (χ4v) is 1.94. The van der Waals surface area contributed by atoms with Crippen molar-refractivity contribution in [3.05, 3.63) is 20.8 Å². The molecule has 3 N–H and O–H groups in total. The number of carbonyl (C=O) groups is 1. The number of aryl methyl sites for hydroxylation is 1. The molecule has 0 fully saturated rings. The molecule has 0 radical (unpaired) electrons. The highest BCUT2D eigenvalue weighted by molar-refractivity contribution is 5.82. The Morgan fingerprint density at radius 1 is 1.38 bits per heavy atom. The zero-order chi connectivity index (χ0) is 15.9. The molecule has 0 saturated heterocycles. The predicted molar refractivity (Wildman–Crippen MR) is 76.5 cm³/mol. The summed E-state index contributed by atoms with van der Waals surface area (Å²) in [5.41, 5.74) is -1.91. The minimum absolute atomic E-state index is 0.134. The molecule has 2 rings (SSSR count). The van der Waals surface area contributed by atoms with E-state index in [2.05, 4.69) is 15.3 Å². The number of aromatic nitrogens is 4. The van der Waals surface area contributed by atoms with Gasteiger partial charge in [0, 0.05) is 14.1 Å². The molecule has 0 aliphatic carbocycles. The van der Waals surface area contributed by atoms with Crippen LogP contribution >= 0.6 is 0 Å². The van der Waals surface area contributed by atoms with Gasteiger partial charge in [0.2, 0.25) is 5.95 Å². The molecule has 0 saturated carbocycles. The summed E-state index contributed by atoms with van der Waals surface area (Å²) in [5, 5.41) is 12.0. The minimum atomic E-state index is -1.22. The molecule has 0 spiro atoms. The first-order valence-electron chi connectivity index (χ1n) is 6.38. The van der Waals surface area contributed by atoms with Gasteiger partial charge in [-0.15, -0.1) is 0 Å². The van der Waals surface area contributed by atoms with E-state index in [1.807, 2.05) is 0 Å². The Bertz CT molecular complexity index is 831. The van der Waals surface area contributed by atoms with Crippen molar-refractivity contribution in [1.82, 2.24) is 19.1 Å². The van der Waals surface area contributed by atoms with E-state index in [1.165, 1.54) is 25.6 Å². The molecular formula is C12H17N5O4. The first-order chi connectivity index (χ1) is 9.71. The first-order valence-corrected chi connectivity index (χ1v) is 6.38. The van der Waals surface area contributed by atoms with Gasteiger partial charge in [0.15, 0.2) is 11.2 Å². The largest absolute Gasteiger partial charge is 0.480 e. The van der Waals surface area contributed by atoms with Crippen molar-refractivity contribution in [3.8, 4) is 0 Å². The Labute approximate surface area is 119 Å². The molecule has 2 aromatic rings. The van der Waals surface area contributed by atoms with Crippen LogP contribution in [0.3, 0.4) is 0 Å². The summed E-state index contributed by atoms with van der Waals surface area (Å²) >= 11 is 0. The van der Waals surface area contributed by atoms with Crippen molar-refractivity contribution in [2.45, 2.75) is 25.8 Å². The van der Waals surface area contributed by atoms with Gasteiger partial charge in [-0.1, -0.05) is 6.92 Å². The lowest BCUT2D eigenvalue weighted by Crippen LogP contribution is -2.43. The van der Waals surface area contributed by atoms with Crippen LogP contribution in [0.5, 0.6) is 0 Å². The third kappa shape index (κ3) is 2.20. The molecule has 2 aromatic heterocycles. The number of rotatable bonds is 4. The number of aliphatic carboxylic acids is 1. The fraction of sp³-hybridized carbons (Fsp3) is 0.500. The molecular weight excluding hydrogens is 278 g/mol. The zero-order valence-electron chi connectivity index (χ0n) is 12.2. The van der Waals surface area contributed by atoms with Crippen LogP contribution in [-0.2, 0) is 18.9 Å². The van der Waals surface area contributed by atoms with Gasteiger partial charge in [-0.05, 0) is 13.3 Å². The van der Waals surface area contributed by atoms with E-state index in [-0.39, 0.29) is 17.1 Å². The van der Waals surface area contributed by atoms with Gasteiger partial charge in [0.05, 0.1) is 0 Å². The van der Waals surface area contributed by atoms with Crippen molar-refractivity contribution in [2.75, 3.05) is 5.32 Å². The Morgan fingerprint density at radius 2 is 2.00 bits per heavy atom. The second-order valence-electron chi connectivity index (χ2n) is 5.11. The van der Waals surface area contributed by atoms with Crippen molar-refractivity contribution in [3.63, 3.8) is 0 Å². The van der Waals surface area contributed by atoms with Crippen molar-refractivity contribution < 1.29 is 9.90 Å². The van der Waals surface area contributed by atoms with E-state index in [0.29, 0.717) is 6.42 Å². The highest BCUT2D eigenvalue weighted by Gasteiger charge is 2.32. The van der Waals surface area contributed by atoms with Crippen LogP contribution < -0.4 is 16.6 Å². The van der Waals surface area contributed by atoms with Crippen molar-refractivity contribution in [1.29, 1.82) is 0 Å². The Morgan fingerprint density at radius 3 is 2.52 bits per heavy atom. The van der Waals surface area contributed by atoms with E-state index < -0.39 is 22.8 Å². The molecule has 0 aliphatic heterocycles. The average molecular weight is 295 g/mol. The summed E-state index contributed by atoms with van der Waals surface area (Å²) in [5.74, 6) is -0.901. The topological polar surface area (TPSA) is 122 Å². The van der Waals surface area contributed by atoms with Crippen LogP contribution in [0.4, 0.5) is 5.95 Å². The van der Waals surface area contributed by atoms with E-state index in [9.17, 15) is 19.5 Å². The number of nitrogens with one attached hydrogen (secondary N) is 2. The third-order valence-electron chi connectivity index (χ3n) is 3.67. The summed E-state index contributed by atoms with van der Waals surface area (Å²) in [6, 6.07) is 0. The van der Waals surface area contributed by atoms with Crippen LogP contribution in [0.25, 0.3) is 11.2 Å². The number of hydrogen-bond donors (Lipinski definition) is 3. The molecule has 9 nitrogen and oxygen atoms in total. The maximum Gasteiger partial charge on any atom is 0.332 e. The van der Waals surface area contributed by atoms with Gasteiger partial charge in [0.25, 0.3) is 5.56 Å². The summed E-state index contributed by atoms with van der Waals surface area (Å²) in [4.78, 5) is 42.0. The summed E-state index contributed by atoms with van der Waals surface area (Å²) in [6.07, 6.45) is 0.316. The number of nitrogens with zero attached hydrogens (tertiary/aromatic N) is 3. The standard InChI is InChI=1S/C12H17N5O4/c1-5-12(2,9(19)20)15-10-13-6-7(14-10)16(3)11(21)17(4)8(6)18/h5H2,1-4H3,(H,19,20)(H2,13,14,15). The number of H-pyrrole nitrogens is 1. The number of aromatic amines is 1. The number of fused-ring (bicyclic) bond motifs is 1. The van der Waals surface area contributed by atoms with E-state index in [1.54, 1.807) is 6.92 Å². The Balaban J connectivity index is 2.62. The quantitative estimate of drug-likeness (QED) is 0.707. The van der Waals surface area contributed by atoms with E-state index >= 15 is 0 Å². The van der Waals surface area contributed by atoms with Crippen molar-refractivity contribution in [2.24, 2.45) is 14.1 Å². The number of hydrogen-bond acceptors (Lipinski definition) is 5. The van der Waals surface area contributed by atoms with E-state index in [4.69, 9.17) is 0 Å². The summed E-state index contributed by atoms with van der Waals surface area (Å²) in [6.45, 7) is 3.23. The second-order valence-corrected chi connectivity index (χ2v) is 5.11. The van der Waals surface area contributed by atoms with E-state index in [0.717, 1.165) is 4.57 Å². The normalized spacial score (nSPS) is 14.1. The predicted octanol–water partition coefficient (Wildman–Crippen LogP) is -0.374. The molecule has 1 unspecified atom stereocenters. The lowest BCUT2D eigenvalue weighted by molar-refractivity contribution is -0.141. The summed E-state index contributed by atoms with van der Waals surface area (Å²) in [7, 11) is 2.86. The number of carboxylic acids is 1. The second kappa shape index (κ2) is 4.76. The SMILES string of the molecule is CCC(C)(Nc1nc2c([nH]1)c(=O)n(C)c(=O)n2C)C(=O)O. The van der Waals surface area contributed by atoms with Crippen LogP contribution in [0, 0.1) is 0 Å². The minimum Gasteiger partial charge on any atom is -0.480 e. The third-order valence-corrected chi connectivity index (χ3v) is 3.67. The monoisotopic (exact) mass is 295 g/mol. The van der Waals surface area contributed by atoms with Gasteiger partial charge < -0.3 is 15.4 Å². The maximum absolute atomic E-state index is 12.0. The van der Waals surface area contributed by atoms with Crippen molar-refractivity contribution >= 4 is 23.1 Å². The molecule has 1 atom stereocenters. The lowest BCUT2D eigenvalue weighted by Gasteiger charge is -2.23. The van der Waals surface area contributed by atoms with Crippen LogP contribution in [-0.4, -0.2) is 35.7 Å². The van der Waals surface area contributed by atoms with Gasteiger partial charge >= 0.3 is 11.7 Å². The molecule has 0 amide bonds. The summed E-state index contributed by atoms with van der Waals surface area (Å²) < 4.78 is 2.18. The Kier molecular flexibility index (Phi) is 3.36. The maximum atomic E-state index is 12.0. The number of imidazole rings is 1. The van der Waals surface area contributed by atoms with Gasteiger partial charge in [-0.2, -0.15) is 4.98 Å². The first kappa shape index (κ1) is 14.8. The highest BCUT2D eigenvalue weighted by atomic mass is 16.4. The average Bonchev–Trinajstić information content (AvgIpc) is 2.86. The zero-order valence-corrected chi connectivity index (χ0v) is 12.2. The molecule has 21 heavy (non-hydrogen) atoms. The molecule has 9 heteroatoms. The molecule has 0 bridgehead atoms. The van der Waals surface area contributed by atoms with Gasteiger partial charge in [0.1, 0.15) is 5.54 Å². The Hall–Kier alpha value is -2.58. The van der Waals surface area contributed by atoms with Gasteiger partial charge in [-0.25, -0.2) is 9.59 Å². The molecule has 0 aliphatic rings. The fourth-order valence-electron chi connectivity index (χ4n) is 1.94. The highest BCUT2D eigenvalue weighted by Crippen LogP contribution is 2.18. The van der Waals surface area contributed by atoms with Crippen LogP contribution in [0.15, 0.2) is 9.59 Å². The van der Waals surface area contributed by atoms with Gasteiger partial charge in [-0.3, -0.25) is 13.9 Å². The molecule has 2 heterocycles. The molecule has 0 aromatic carbocycles. The number of carboxylic acid groups (broad SMARTS) is 1.